The summed E-state index contributed by atoms with van der Waals surface area (Å²) in [6.07, 6.45) is -5.02. The molecule has 3 heterocycles. The summed E-state index contributed by atoms with van der Waals surface area (Å²) < 4.78 is 40.4. The van der Waals surface area contributed by atoms with Gasteiger partial charge in [0.1, 0.15) is 30.7 Å². The minimum Gasteiger partial charge on any atom is -0.497 e. The Morgan fingerprint density at radius 1 is 1.12 bits per heavy atom. The Hall–Kier alpha value is -4.40. The summed E-state index contributed by atoms with van der Waals surface area (Å²) in [5.41, 5.74) is 1.82. The lowest BCUT2D eigenvalue weighted by atomic mass is 9.96. The standard InChI is InChI=1S/C36H35NO11/c1-17-9-10-22-18(2)13-21(42-5)15-24(22)28(17)33(40)45-25-14-20-11-12-36(27-16-43-35(41)46-27)26(48-36)8-6-7-23(20)32(25)47-34-29(37-4)31(39)30(38)19(3)44-34/h7,9-10,13-15,19,25-27,29-32,34,37-39H,16H2,1-5H3/b23-7+/t19-,25-,26-,27+,29-,30+,31-,32?,34-,36+/m1/s1. The maximum Gasteiger partial charge on any atom is 0.508 e. The van der Waals surface area contributed by atoms with E-state index in [9.17, 15) is 19.8 Å². The van der Waals surface area contributed by atoms with Crippen molar-refractivity contribution in [3.63, 3.8) is 0 Å². The average Bonchev–Trinajstić information content (AvgIpc) is 3.39. The first-order valence-electron chi connectivity index (χ1n) is 15.7. The molecule has 0 radical (unpaired) electrons. The Labute approximate surface area is 276 Å². The largest absolute Gasteiger partial charge is 0.508 e. The molecule has 3 fully saturated rings. The van der Waals surface area contributed by atoms with Crippen LogP contribution in [0.15, 0.2) is 47.6 Å². The maximum atomic E-state index is 14.1. The molecule has 2 aliphatic carbocycles. The first-order valence-corrected chi connectivity index (χ1v) is 15.7. The third-order valence-electron chi connectivity index (χ3n) is 9.46. The monoisotopic (exact) mass is 657 g/mol. The smallest absolute Gasteiger partial charge is 0.497 e. The molecule has 10 atom stereocenters. The van der Waals surface area contributed by atoms with Crippen LogP contribution in [0.25, 0.3) is 10.8 Å². The predicted molar refractivity (Wildman–Crippen MR) is 169 cm³/mol. The number of carbonyl (C=O) groups is 2. The highest BCUT2D eigenvalue weighted by atomic mass is 16.8. The Kier molecular flexibility index (Phi) is 8.20. The van der Waals surface area contributed by atoms with Gasteiger partial charge in [0, 0.05) is 16.5 Å². The number of fused-ring (bicyclic) bond motifs is 3. The van der Waals surface area contributed by atoms with Crippen molar-refractivity contribution in [1.29, 1.82) is 0 Å². The van der Waals surface area contributed by atoms with Crippen molar-refractivity contribution >= 4 is 22.9 Å². The summed E-state index contributed by atoms with van der Waals surface area (Å²) in [5.74, 6) is 12.3. The van der Waals surface area contributed by atoms with Crippen molar-refractivity contribution in [2.24, 2.45) is 0 Å². The number of carbonyl (C=O) groups excluding carboxylic acids is 2. The normalized spacial score (nSPS) is 35.7. The number of epoxide rings is 1. The summed E-state index contributed by atoms with van der Waals surface area (Å²) in [7, 11) is 3.19. The second-order valence-corrected chi connectivity index (χ2v) is 12.4. The quantitative estimate of drug-likeness (QED) is 0.227. The van der Waals surface area contributed by atoms with Crippen LogP contribution in [0.4, 0.5) is 4.79 Å². The Balaban J connectivity index is 1.27. The Morgan fingerprint density at radius 3 is 2.67 bits per heavy atom. The van der Waals surface area contributed by atoms with Crippen molar-refractivity contribution in [1.82, 2.24) is 5.32 Å². The molecule has 12 nitrogen and oxygen atoms in total. The molecular weight excluding hydrogens is 622 g/mol. The molecule has 0 amide bonds. The van der Waals surface area contributed by atoms with Gasteiger partial charge < -0.3 is 48.7 Å². The molecule has 12 heteroatoms. The van der Waals surface area contributed by atoms with Crippen LogP contribution in [-0.4, -0.2) is 104 Å². The third-order valence-corrected chi connectivity index (χ3v) is 9.46. The van der Waals surface area contributed by atoms with Crippen LogP contribution >= 0.6 is 0 Å². The molecule has 0 spiro atoms. The first kappa shape index (κ1) is 32.2. The van der Waals surface area contributed by atoms with Gasteiger partial charge in [-0.3, -0.25) is 0 Å². The van der Waals surface area contributed by atoms with E-state index in [2.05, 4.69) is 29.0 Å². The number of allylic oxidation sites excluding steroid dienone is 1. The topological polar surface area (TPSA) is 155 Å². The van der Waals surface area contributed by atoms with E-state index in [0.717, 1.165) is 10.9 Å². The number of aliphatic hydroxyl groups is 2. The summed E-state index contributed by atoms with van der Waals surface area (Å²) in [6, 6.07) is 6.71. The van der Waals surface area contributed by atoms with Crippen LogP contribution < -0.4 is 10.1 Å². The highest BCUT2D eigenvalue weighted by molar-refractivity contribution is 6.07. The number of esters is 1. The maximum absolute atomic E-state index is 14.1. The van der Waals surface area contributed by atoms with Gasteiger partial charge in [0.15, 0.2) is 24.6 Å². The van der Waals surface area contributed by atoms with Crippen LogP contribution in [0.5, 0.6) is 5.75 Å². The minimum atomic E-state index is -1.20. The van der Waals surface area contributed by atoms with Crippen molar-refractivity contribution in [2.75, 3.05) is 20.8 Å². The highest BCUT2D eigenvalue weighted by Gasteiger charge is 2.65. The fourth-order valence-electron chi connectivity index (χ4n) is 6.68. The number of aryl methyl sites for hydroxylation is 2. The molecule has 1 unspecified atom stereocenters. The van der Waals surface area contributed by atoms with Crippen molar-refractivity contribution < 1.29 is 53.0 Å². The van der Waals surface area contributed by atoms with Crippen molar-refractivity contribution in [3.8, 4) is 29.4 Å². The lowest BCUT2D eigenvalue weighted by molar-refractivity contribution is -0.273. The number of ether oxygens (including phenoxy) is 7. The van der Waals surface area contributed by atoms with Crippen LogP contribution in [0, 0.1) is 37.5 Å². The molecule has 2 aromatic rings. The molecule has 5 aliphatic rings. The molecule has 3 aliphatic heterocycles. The zero-order chi connectivity index (χ0) is 33.9. The highest BCUT2D eigenvalue weighted by Crippen LogP contribution is 2.43. The molecule has 3 N–H and O–H groups in total. The number of likely N-dealkylation sites (N-methyl/N-ethyl adjacent to an activating group) is 1. The van der Waals surface area contributed by atoms with Crippen LogP contribution in [0.2, 0.25) is 0 Å². The minimum absolute atomic E-state index is 0.0254. The van der Waals surface area contributed by atoms with Crippen molar-refractivity contribution in [3.05, 3.63) is 64.3 Å². The number of benzene rings is 2. The molecule has 0 saturated carbocycles. The van der Waals surface area contributed by atoms with E-state index in [1.807, 2.05) is 32.0 Å². The number of aliphatic hydroxyl groups excluding tert-OH is 2. The average molecular weight is 658 g/mol. The van der Waals surface area contributed by atoms with E-state index in [-0.39, 0.29) is 6.61 Å². The summed E-state index contributed by atoms with van der Waals surface area (Å²) >= 11 is 0. The van der Waals surface area contributed by atoms with Gasteiger partial charge in [-0.25, -0.2) is 9.59 Å². The van der Waals surface area contributed by atoms with E-state index in [4.69, 9.17) is 33.2 Å². The third kappa shape index (κ3) is 5.41. The van der Waals surface area contributed by atoms with Crippen LogP contribution in [-0.2, 0) is 28.4 Å². The molecular formula is C36H35NO11. The van der Waals surface area contributed by atoms with Gasteiger partial charge >= 0.3 is 12.1 Å². The van der Waals surface area contributed by atoms with Gasteiger partial charge in [-0.2, -0.15) is 0 Å². The van der Waals surface area contributed by atoms with E-state index in [1.165, 1.54) is 0 Å². The molecule has 48 heavy (non-hydrogen) atoms. The van der Waals surface area contributed by atoms with E-state index in [0.29, 0.717) is 33.4 Å². The number of rotatable bonds is 7. The van der Waals surface area contributed by atoms with Gasteiger partial charge in [0.25, 0.3) is 0 Å². The van der Waals surface area contributed by atoms with Crippen LogP contribution in [0.1, 0.15) is 28.4 Å². The number of hydrogen-bond acceptors (Lipinski definition) is 12. The second-order valence-electron chi connectivity index (χ2n) is 12.4. The molecule has 3 saturated heterocycles. The SMILES string of the molecule is CN[C@H]1[C@@H](OC2/C3=C/C#C[C@H]4O[C@@]4([C@@H]4COC(=O)O4)C#CC3=C[C@H]2OC(=O)c2c(C)ccc3c(C)cc(OC)cc23)O[C@H](C)[C@H](O)[C@@H]1O. The van der Waals surface area contributed by atoms with E-state index < -0.39 is 72.8 Å². The van der Waals surface area contributed by atoms with E-state index in [1.54, 1.807) is 39.3 Å². The predicted octanol–water partition coefficient (Wildman–Crippen LogP) is 1.99. The number of hydrogen-bond donors (Lipinski definition) is 3. The van der Waals surface area contributed by atoms with E-state index >= 15 is 0 Å². The first-order chi connectivity index (χ1) is 23.0. The Bertz CT molecular complexity index is 1880. The zero-order valence-corrected chi connectivity index (χ0v) is 26.9. The molecule has 2 aromatic carbocycles. The second kappa shape index (κ2) is 12.2. The van der Waals surface area contributed by atoms with Gasteiger partial charge in [-0.15, -0.1) is 0 Å². The lowest BCUT2D eigenvalue weighted by Crippen LogP contribution is -2.62. The Morgan fingerprint density at radius 2 is 1.94 bits per heavy atom. The van der Waals surface area contributed by atoms with Gasteiger partial charge in [-0.1, -0.05) is 35.8 Å². The number of methoxy groups -OCH3 is 1. The number of cyclic esters (lactones) is 2. The summed E-state index contributed by atoms with van der Waals surface area (Å²) in [5, 5.41) is 25.8. The summed E-state index contributed by atoms with van der Waals surface area (Å²) in [6.45, 7) is 5.38. The van der Waals surface area contributed by atoms with Crippen molar-refractivity contribution in [2.45, 2.75) is 81.4 Å². The lowest BCUT2D eigenvalue weighted by Gasteiger charge is -2.42. The van der Waals surface area contributed by atoms with Gasteiger partial charge in [0.05, 0.1) is 24.8 Å². The molecule has 0 aromatic heterocycles. The summed E-state index contributed by atoms with van der Waals surface area (Å²) in [4.78, 5) is 25.8. The molecule has 7 rings (SSSR count). The van der Waals surface area contributed by atoms with Gasteiger partial charge in [0.2, 0.25) is 5.60 Å². The molecule has 0 bridgehead atoms. The number of nitrogens with one attached hydrogen (secondary N) is 1. The fraction of sp³-hybridized carbons (Fsp3) is 0.444. The van der Waals surface area contributed by atoms with Gasteiger partial charge in [-0.05, 0) is 68.6 Å². The molecule has 250 valence electrons. The van der Waals surface area contributed by atoms with Crippen LogP contribution in [0.3, 0.4) is 0 Å². The zero-order valence-electron chi connectivity index (χ0n) is 26.9. The fourth-order valence-corrected chi connectivity index (χ4v) is 6.68.